The van der Waals surface area contributed by atoms with Gasteiger partial charge in [-0.3, -0.25) is 4.79 Å². The SMILES string of the molecule is CC(C)CC1(CNC(=O)N2CCC(C(=O)O)CC2)CC1. The molecule has 0 radical (unpaired) electrons. The molecule has 20 heavy (non-hydrogen) atoms. The number of hydrogen-bond donors (Lipinski definition) is 2. The summed E-state index contributed by atoms with van der Waals surface area (Å²) in [5.74, 6) is -0.352. The van der Waals surface area contributed by atoms with Gasteiger partial charge >= 0.3 is 12.0 Å². The summed E-state index contributed by atoms with van der Waals surface area (Å²) < 4.78 is 0. The van der Waals surface area contributed by atoms with E-state index >= 15 is 0 Å². The molecule has 2 fully saturated rings. The zero-order valence-electron chi connectivity index (χ0n) is 12.5. The topological polar surface area (TPSA) is 69.6 Å². The molecule has 1 saturated heterocycles. The highest BCUT2D eigenvalue weighted by Crippen LogP contribution is 2.50. The zero-order chi connectivity index (χ0) is 14.8. The number of amides is 2. The first kappa shape index (κ1) is 15.1. The number of carbonyl (C=O) groups is 2. The van der Waals surface area contributed by atoms with E-state index in [4.69, 9.17) is 5.11 Å². The van der Waals surface area contributed by atoms with Gasteiger partial charge in [0.25, 0.3) is 0 Å². The van der Waals surface area contributed by atoms with E-state index < -0.39 is 5.97 Å². The predicted molar refractivity (Wildman–Crippen MR) is 76.5 cm³/mol. The van der Waals surface area contributed by atoms with Gasteiger partial charge in [-0.25, -0.2) is 4.79 Å². The van der Waals surface area contributed by atoms with Gasteiger partial charge in [0.15, 0.2) is 0 Å². The van der Waals surface area contributed by atoms with Crippen molar-refractivity contribution in [2.24, 2.45) is 17.3 Å². The third-order valence-corrected chi connectivity index (χ3v) is 4.54. The second-order valence-electron chi connectivity index (χ2n) is 6.86. The molecular weight excluding hydrogens is 256 g/mol. The molecule has 2 N–H and O–H groups in total. The van der Waals surface area contributed by atoms with Crippen molar-refractivity contribution in [3.05, 3.63) is 0 Å². The highest BCUT2D eigenvalue weighted by atomic mass is 16.4. The van der Waals surface area contributed by atoms with E-state index in [1.54, 1.807) is 4.90 Å². The van der Waals surface area contributed by atoms with E-state index in [0.717, 1.165) is 6.54 Å². The second-order valence-corrected chi connectivity index (χ2v) is 6.86. The Morgan fingerprint density at radius 1 is 1.30 bits per heavy atom. The van der Waals surface area contributed by atoms with E-state index in [1.165, 1.54) is 19.3 Å². The van der Waals surface area contributed by atoms with Crippen molar-refractivity contribution >= 4 is 12.0 Å². The summed E-state index contributed by atoms with van der Waals surface area (Å²) in [6.07, 6.45) is 4.74. The summed E-state index contributed by atoms with van der Waals surface area (Å²) in [4.78, 5) is 24.7. The van der Waals surface area contributed by atoms with Crippen LogP contribution in [-0.4, -0.2) is 41.6 Å². The maximum absolute atomic E-state index is 12.1. The van der Waals surface area contributed by atoms with Crippen LogP contribution in [0.4, 0.5) is 4.79 Å². The fourth-order valence-electron chi connectivity index (χ4n) is 3.20. The van der Waals surface area contributed by atoms with Crippen LogP contribution in [0.1, 0.15) is 46.0 Å². The molecule has 0 bridgehead atoms. The summed E-state index contributed by atoms with van der Waals surface area (Å²) in [6.45, 7) is 6.32. The van der Waals surface area contributed by atoms with Crippen molar-refractivity contribution in [2.45, 2.75) is 46.0 Å². The number of carbonyl (C=O) groups excluding carboxylic acids is 1. The molecule has 5 nitrogen and oxygen atoms in total. The Morgan fingerprint density at radius 3 is 2.35 bits per heavy atom. The molecule has 0 spiro atoms. The van der Waals surface area contributed by atoms with Crippen LogP contribution in [0.2, 0.25) is 0 Å². The Morgan fingerprint density at radius 2 is 1.90 bits per heavy atom. The van der Waals surface area contributed by atoms with Crippen molar-refractivity contribution in [1.82, 2.24) is 10.2 Å². The molecule has 1 saturated carbocycles. The largest absolute Gasteiger partial charge is 0.481 e. The average Bonchev–Trinajstić information content (AvgIpc) is 3.15. The molecule has 1 heterocycles. The maximum Gasteiger partial charge on any atom is 0.317 e. The quantitative estimate of drug-likeness (QED) is 0.813. The predicted octanol–water partition coefficient (Wildman–Crippen LogP) is 2.32. The molecule has 0 aromatic rings. The Labute approximate surface area is 120 Å². The first-order valence-electron chi connectivity index (χ1n) is 7.67. The minimum atomic E-state index is -0.737. The molecule has 0 atom stereocenters. The van der Waals surface area contributed by atoms with Gasteiger partial charge in [-0.1, -0.05) is 13.8 Å². The van der Waals surface area contributed by atoms with Crippen LogP contribution in [0.5, 0.6) is 0 Å². The Kier molecular flexibility index (Phi) is 4.55. The van der Waals surface area contributed by atoms with Crippen molar-refractivity contribution in [3.8, 4) is 0 Å². The summed E-state index contributed by atoms with van der Waals surface area (Å²) in [6, 6.07) is -0.0242. The molecule has 114 valence electrons. The van der Waals surface area contributed by atoms with Gasteiger partial charge in [0.2, 0.25) is 0 Å². The number of urea groups is 1. The average molecular weight is 282 g/mol. The normalized spacial score (nSPS) is 21.9. The van der Waals surface area contributed by atoms with Crippen LogP contribution >= 0.6 is 0 Å². The van der Waals surface area contributed by atoms with Crippen molar-refractivity contribution in [3.63, 3.8) is 0 Å². The maximum atomic E-state index is 12.1. The number of rotatable bonds is 5. The summed E-state index contributed by atoms with van der Waals surface area (Å²) in [5.41, 5.74) is 0.337. The van der Waals surface area contributed by atoms with Gasteiger partial charge in [-0.15, -0.1) is 0 Å². The smallest absolute Gasteiger partial charge is 0.317 e. The number of likely N-dealkylation sites (tertiary alicyclic amines) is 1. The molecule has 0 unspecified atom stereocenters. The molecule has 0 aromatic heterocycles. The Hall–Kier alpha value is -1.26. The fourth-order valence-corrected chi connectivity index (χ4v) is 3.20. The van der Waals surface area contributed by atoms with E-state index in [1.807, 2.05) is 0 Å². The van der Waals surface area contributed by atoms with Crippen LogP contribution in [0.25, 0.3) is 0 Å². The Bertz CT molecular complexity index is 369. The number of carboxylic acid groups (broad SMARTS) is 1. The minimum absolute atomic E-state index is 0.0242. The molecule has 5 heteroatoms. The van der Waals surface area contributed by atoms with Crippen LogP contribution in [0.3, 0.4) is 0 Å². The van der Waals surface area contributed by atoms with Gasteiger partial charge in [-0.2, -0.15) is 0 Å². The highest BCUT2D eigenvalue weighted by Gasteiger charge is 2.43. The van der Waals surface area contributed by atoms with Gasteiger partial charge in [0.1, 0.15) is 0 Å². The molecule has 0 aromatic carbocycles. The lowest BCUT2D eigenvalue weighted by Crippen LogP contribution is -2.46. The Balaban J connectivity index is 1.72. The second kappa shape index (κ2) is 6.02. The number of nitrogens with one attached hydrogen (secondary N) is 1. The summed E-state index contributed by atoms with van der Waals surface area (Å²) in [7, 11) is 0. The molecule has 2 aliphatic rings. The van der Waals surface area contributed by atoms with E-state index in [-0.39, 0.29) is 11.9 Å². The molecular formula is C15H26N2O3. The van der Waals surface area contributed by atoms with Gasteiger partial charge in [0.05, 0.1) is 5.92 Å². The van der Waals surface area contributed by atoms with Crippen molar-refractivity contribution in [1.29, 1.82) is 0 Å². The van der Waals surface area contributed by atoms with E-state index in [2.05, 4.69) is 19.2 Å². The third-order valence-electron chi connectivity index (χ3n) is 4.54. The van der Waals surface area contributed by atoms with E-state index in [9.17, 15) is 9.59 Å². The molecule has 2 amide bonds. The van der Waals surface area contributed by atoms with Gasteiger partial charge in [-0.05, 0) is 43.4 Å². The number of hydrogen-bond acceptors (Lipinski definition) is 2. The van der Waals surface area contributed by atoms with Crippen LogP contribution < -0.4 is 5.32 Å². The highest BCUT2D eigenvalue weighted by molar-refractivity contribution is 5.75. The molecule has 1 aliphatic carbocycles. The van der Waals surface area contributed by atoms with Crippen molar-refractivity contribution < 1.29 is 14.7 Å². The monoisotopic (exact) mass is 282 g/mol. The summed E-state index contributed by atoms with van der Waals surface area (Å²) in [5, 5.41) is 12.0. The third kappa shape index (κ3) is 3.87. The molecule has 1 aliphatic heterocycles. The lowest BCUT2D eigenvalue weighted by Gasteiger charge is -2.31. The van der Waals surface area contributed by atoms with Gasteiger partial charge < -0.3 is 15.3 Å². The van der Waals surface area contributed by atoms with Crippen LogP contribution in [0, 0.1) is 17.3 Å². The number of nitrogens with zero attached hydrogens (tertiary/aromatic N) is 1. The molecule has 2 rings (SSSR count). The van der Waals surface area contributed by atoms with Gasteiger partial charge in [0, 0.05) is 19.6 Å². The first-order chi connectivity index (χ1) is 9.42. The number of piperidine rings is 1. The van der Waals surface area contributed by atoms with E-state index in [0.29, 0.717) is 37.3 Å². The number of aliphatic carboxylic acids is 1. The number of carboxylic acids is 1. The minimum Gasteiger partial charge on any atom is -0.481 e. The lowest BCUT2D eigenvalue weighted by molar-refractivity contribution is -0.143. The summed E-state index contributed by atoms with van der Waals surface area (Å²) >= 11 is 0. The van der Waals surface area contributed by atoms with Crippen LogP contribution in [-0.2, 0) is 4.79 Å². The lowest BCUT2D eigenvalue weighted by atomic mass is 9.94. The van der Waals surface area contributed by atoms with Crippen molar-refractivity contribution in [2.75, 3.05) is 19.6 Å². The van der Waals surface area contributed by atoms with Crippen LogP contribution in [0.15, 0.2) is 0 Å². The zero-order valence-corrected chi connectivity index (χ0v) is 12.5. The first-order valence-corrected chi connectivity index (χ1v) is 7.67. The fraction of sp³-hybridized carbons (Fsp3) is 0.867. The standard InChI is InChI=1S/C15H26N2O3/c1-11(2)9-15(5-6-15)10-16-14(20)17-7-3-12(4-8-17)13(18)19/h11-12H,3-10H2,1-2H3,(H,16,20)(H,18,19).